The molecule has 24 heavy (non-hydrogen) atoms. The van der Waals surface area contributed by atoms with Gasteiger partial charge in [-0.15, -0.1) is 24.0 Å². The summed E-state index contributed by atoms with van der Waals surface area (Å²) in [4.78, 5) is 6.81. The Kier molecular flexibility index (Phi) is 10.2. The van der Waals surface area contributed by atoms with E-state index >= 15 is 0 Å². The molecule has 1 aliphatic rings. The third-order valence-corrected chi connectivity index (χ3v) is 4.48. The fourth-order valence-electron chi connectivity index (χ4n) is 3.19. The highest BCUT2D eigenvalue weighted by Gasteiger charge is 2.19. The standard InChI is InChI=1S/C18H29FN4.HI/c1-3-17-9-4-5-11-23(17)12-10-21-18(20-2)22-14-15-7-6-8-16(19)13-15;/h6-8,13,17H,3-5,9-12,14H2,1-2H3,(H2,20,21,22);1H. The SMILES string of the molecule is CCC1CCCCN1CCNC(=NC)NCc1cccc(F)c1.I. The molecule has 2 rings (SSSR count). The van der Waals surface area contributed by atoms with Crippen LogP contribution in [0.15, 0.2) is 29.3 Å². The van der Waals surface area contributed by atoms with Crippen LogP contribution in [0.2, 0.25) is 0 Å². The molecule has 6 heteroatoms. The second kappa shape index (κ2) is 11.6. The lowest BCUT2D eigenvalue weighted by Crippen LogP contribution is -2.45. The first-order valence-corrected chi connectivity index (χ1v) is 8.66. The second-order valence-electron chi connectivity index (χ2n) is 6.08. The molecule has 4 nitrogen and oxygen atoms in total. The van der Waals surface area contributed by atoms with Crippen LogP contribution >= 0.6 is 24.0 Å². The molecule has 1 fully saturated rings. The van der Waals surface area contributed by atoms with Gasteiger partial charge in [-0.25, -0.2) is 4.39 Å². The zero-order valence-corrected chi connectivity index (χ0v) is 17.1. The summed E-state index contributed by atoms with van der Waals surface area (Å²) >= 11 is 0. The Balaban J connectivity index is 0.00000288. The maximum atomic E-state index is 13.2. The Morgan fingerprint density at radius 3 is 2.88 bits per heavy atom. The molecule has 1 unspecified atom stereocenters. The number of hydrogen-bond acceptors (Lipinski definition) is 2. The van der Waals surface area contributed by atoms with Crippen LogP contribution in [0.25, 0.3) is 0 Å². The molecule has 1 aliphatic heterocycles. The summed E-state index contributed by atoms with van der Waals surface area (Å²) in [5.41, 5.74) is 0.912. The van der Waals surface area contributed by atoms with Crippen LogP contribution in [0.5, 0.6) is 0 Å². The van der Waals surface area contributed by atoms with E-state index in [9.17, 15) is 4.39 Å². The van der Waals surface area contributed by atoms with Gasteiger partial charge in [-0.1, -0.05) is 25.5 Å². The summed E-state index contributed by atoms with van der Waals surface area (Å²) in [6, 6.07) is 7.36. The van der Waals surface area contributed by atoms with Gasteiger partial charge in [0.25, 0.3) is 0 Å². The highest BCUT2D eigenvalue weighted by atomic mass is 127. The monoisotopic (exact) mass is 448 g/mol. The average molecular weight is 448 g/mol. The van der Waals surface area contributed by atoms with E-state index in [4.69, 9.17) is 0 Å². The maximum absolute atomic E-state index is 13.2. The predicted molar refractivity (Wildman–Crippen MR) is 110 cm³/mol. The largest absolute Gasteiger partial charge is 0.355 e. The van der Waals surface area contributed by atoms with Crippen molar-refractivity contribution >= 4 is 29.9 Å². The minimum absolute atomic E-state index is 0. The van der Waals surface area contributed by atoms with Crippen LogP contribution in [0, 0.1) is 5.82 Å². The van der Waals surface area contributed by atoms with Gasteiger partial charge in [-0.3, -0.25) is 9.89 Å². The summed E-state index contributed by atoms with van der Waals surface area (Å²) < 4.78 is 13.2. The lowest BCUT2D eigenvalue weighted by atomic mass is 10.0. The lowest BCUT2D eigenvalue weighted by Gasteiger charge is -2.35. The van der Waals surface area contributed by atoms with Gasteiger partial charge < -0.3 is 10.6 Å². The van der Waals surface area contributed by atoms with Gasteiger partial charge >= 0.3 is 0 Å². The van der Waals surface area contributed by atoms with Gasteiger partial charge in [0.1, 0.15) is 5.82 Å². The molecule has 0 aromatic heterocycles. The minimum atomic E-state index is -0.206. The van der Waals surface area contributed by atoms with Crippen LogP contribution < -0.4 is 10.6 Å². The number of rotatable bonds is 6. The van der Waals surface area contributed by atoms with Crippen molar-refractivity contribution in [2.75, 3.05) is 26.7 Å². The molecule has 2 N–H and O–H groups in total. The van der Waals surface area contributed by atoms with E-state index in [1.807, 2.05) is 6.07 Å². The molecule has 0 saturated carbocycles. The first-order chi connectivity index (χ1) is 11.2. The van der Waals surface area contributed by atoms with Crippen molar-refractivity contribution < 1.29 is 4.39 Å². The molecule has 0 amide bonds. The number of guanidine groups is 1. The zero-order chi connectivity index (χ0) is 16.5. The molecule has 1 saturated heterocycles. The molecule has 1 aromatic rings. The Labute approximate surface area is 162 Å². The molecule has 0 spiro atoms. The fraction of sp³-hybridized carbons (Fsp3) is 0.611. The van der Waals surface area contributed by atoms with Crippen LogP contribution in [-0.4, -0.2) is 43.6 Å². The Bertz CT molecular complexity index is 510. The number of likely N-dealkylation sites (tertiary alicyclic amines) is 1. The molecule has 0 bridgehead atoms. The van der Waals surface area contributed by atoms with Crippen LogP contribution in [0.1, 0.15) is 38.2 Å². The number of halogens is 2. The zero-order valence-electron chi connectivity index (χ0n) is 14.7. The van der Waals surface area contributed by atoms with Crippen molar-refractivity contribution in [2.45, 2.75) is 45.2 Å². The third kappa shape index (κ3) is 6.93. The van der Waals surface area contributed by atoms with E-state index in [-0.39, 0.29) is 29.8 Å². The Hall–Kier alpha value is -0.890. The van der Waals surface area contributed by atoms with Crippen LogP contribution in [-0.2, 0) is 6.54 Å². The second-order valence-corrected chi connectivity index (χ2v) is 6.08. The number of aliphatic imine (C=N–C) groups is 1. The fourth-order valence-corrected chi connectivity index (χ4v) is 3.19. The third-order valence-electron chi connectivity index (χ3n) is 4.48. The minimum Gasteiger partial charge on any atom is -0.355 e. The lowest BCUT2D eigenvalue weighted by molar-refractivity contribution is 0.147. The first kappa shape index (κ1) is 21.2. The summed E-state index contributed by atoms with van der Waals surface area (Å²) in [6.45, 7) is 5.96. The summed E-state index contributed by atoms with van der Waals surface area (Å²) in [5, 5.41) is 6.58. The molecule has 136 valence electrons. The number of benzene rings is 1. The number of hydrogen-bond donors (Lipinski definition) is 2. The molecular formula is C18H30FIN4. The summed E-state index contributed by atoms with van der Waals surface area (Å²) in [6.07, 6.45) is 5.22. The Morgan fingerprint density at radius 2 is 2.17 bits per heavy atom. The highest BCUT2D eigenvalue weighted by molar-refractivity contribution is 14.0. The predicted octanol–water partition coefficient (Wildman–Crippen LogP) is 3.37. The number of nitrogens with zero attached hydrogens (tertiary/aromatic N) is 2. The summed E-state index contributed by atoms with van der Waals surface area (Å²) in [5.74, 6) is 0.558. The topological polar surface area (TPSA) is 39.7 Å². The van der Waals surface area contributed by atoms with Crippen molar-refractivity contribution in [3.8, 4) is 0 Å². The molecule has 1 aromatic carbocycles. The highest BCUT2D eigenvalue weighted by Crippen LogP contribution is 2.18. The van der Waals surface area contributed by atoms with Gasteiger partial charge in [0.05, 0.1) is 0 Å². The van der Waals surface area contributed by atoms with E-state index in [2.05, 4.69) is 27.4 Å². The van der Waals surface area contributed by atoms with E-state index in [0.717, 1.165) is 30.7 Å². The van der Waals surface area contributed by atoms with Crippen molar-refractivity contribution in [3.63, 3.8) is 0 Å². The molecule has 0 aliphatic carbocycles. The van der Waals surface area contributed by atoms with Gasteiger partial charge in [-0.2, -0.15) is 0 Å². The van der Waals surface area contributed by atoms with Crippen molar-refractivity contribution in [3.05, 3.63) is 35.6 Å². The van der Waals surface area contributed by atoms with Gasteiger partial charge in [-0.05, 0) is 43.5 Å². The van der Waals surface area contributed by atoms with Crippen LogP contribution in [0.3, 0.4) is 0 Å². The van der Waals surface area contributed by atoms with E-state index in [0.29, 0.717) is 6.54 Å². The van der Waals surface area contributed by atoms with Crippen molar-refractivity contribution in [2.24, 2.45) is 4.99 Å². The maximum Gasteiger partial charge on any atom is 0.191 e. The first-order valence-electron chi connectivity index (χ1n) is 8.66. The average Bonchev–Trinajstić information content (AvgIpc) is 2.58. The van der Waals surface area contributed by atoms with Gasteiger partial charge in [0.2, 0.25) is 0 Å². The molecular weight excluding hydrogens is 418 g/mol. The quantitative estimate of drug-likeness (QED) is 0.398. The number of piperidine rings is 1. The van der Waals surface area contributed by atoms with E-state index in [1.54, 1.807) is 19.2 Å². The number of nitrogens with one attached hydrogen (secondary N) is 2. The van der Waals surface area contributed by atoms with E-state index < -0.39 is 0 Å². The van der Waals surface area contributed by atoms with Crippen molar-refractivity contribution in [1.82, 2.24) is 15.5 Å². The van der Waals surface area contributed by atoms with Gasteiger partial charge in [0.15, 0.2) is 5.96 Å². The van der Waals surface area contributed by atoms with Gasteiger partial charge in [0, 0.05) is 32.7 Å². The smallest absolute Gasteiger partial charge is 0.191 e. The van der Waals surface area contributed by atoms with E-state index in [1.165, 1.54) is 38.3 Å². The van der Waals surface area contributed by atoms with Crippen LogP contribution in [0.4, 0.5) is 4.39 Å². The normalized spacial score (nSPS) is 18.8. The molecule has 1 atom stereocenters. The molecule has 0 radical (unpaired) electrons. The summed E-state index contributed by atoms with van der Waals surface area (Å²) in [7, 11) is 1.76. The van der Waals surface area contributed by atoms with Crippen molar-refractivity contribution in [1.29, 1.82) is 0 Å². The Morgan fingerprint density at radius 1 is 1.33 bits per heavy atom. The molecule has 1 heterocycles.